The number of sulfonamides is 1. The molecule has 0 bridgehead atoms. The van der Waals surface area contributed by atoms with Crippen molar-refractivity contribution in [2.24, 2.45) is 0 Å². The van der Waals surface area contributed by atoms with Crippen LogP contribution in [0.2, 0.25) is 0 Å². The second kappa shape index (κ2) is 14.6. The lowest BCUT2D eigenvalue weighted by molar-refractivity contribution is -0.139. The van der Waals surface area contributed by atoms with E-state index in [1.54, 1.807) is 31.2 Å². The monoisotopic (exact) mass is 659 g/mol. The Labute approximate surface area is 257 Å². The smallest absolute Gasteiger partial charge is 0.264 e. The molecule has 1 N–H and O–H groups in total. The Bertz CT molecular complexity index is 1500. The number of hydrogen-bond donors (Lipinski definition) is 1. The lowest BCUT2D eigenvalue weighted by atomic mass is 10.1. The van der Waals surface area contributed by atoms with Crippen LogP contribution in [0.25, 0.3) is 0 Å². The van der Waals surface area contributed by atoms with E-state index in [2.05, 4.69) is 21.2 Å². The molecule has 0 aliphatic heterocycles. The van der Waals surface area contributed by atoms with E-state index in [9.17, 15) is 18.0 Å². The van der Waals surface area contributed by atoms with Gasteiger partial charge in [-0.2, -0.15) is 0 Å². The van der Waals surface area contributed by atoms with Crippen LogP contribution in [0, 0.1) is 6.92 Å². The SMILES string of the molecule is CC[C@H](C)NC(=O)[C@@H](C)N(Cc1cccc(Br)c1)C(=O)CN(c1cc(OC)ccc1OC)S(=O)(=O)c1ccc(C)cc1. The number of hydrogen-bond acceptors (Lipinski definition) is 6. The Morgan fingerprint density at radius 1 is 0.976 bits per heavy atom. The van der Waals surface area contributed by atoms with Crippen LogP contribution in [0.4, 0.5) is 5.69 Å². The zero-order chi connectivity index (χ0) is 31.0. The van der Waals surface area contributed by atoms with Crippen molar-refractivity contribution in [3.8, 4) is 11.5 Å². The zero-order valence-corrected chi connectivity index (χ0v) is 27.2. The number of benzene rings is 3. The first-order chi connectivity index (χ1) is 19.9. The van der Waals surface area contributed by atoms with E-state index in [1.165, 1.54) is 37.3 Å². The number of amides is 2. The summed E-state index contributed by atoms with van der Waals surface area (Å²) in [5.74, 6) is -0.281. The summed E-state index contributed by atoms with van der Waals surface area (Å²) in [5, 5.41) is 2.93. The molecule has 2 amide bonds. The molecule has 0 saturated carbocycles. The molecule has 3 aromatic carbocycles. The molecule has 0 unspecified atom stereocenters. The summed E-state index contributed by atoms with van der Waals surface area (Å²) in [4.78, 5) is 28.8. The minimum atomic E-state index is -4.26. The van der Waals surface area contributed by atoms with Crippen LogP contribution in [0.15, 0.2) is 76.1 Å². The van der Waals surface area contributed by atoms with E-state index < -0.39 is 28.5 Å². The molecule has 0 heterocycles. The van der Waals surface area contributed by atoms with Gasteiger partial charge in [0.25, 0.3) is 10.0 Å². The fourth-order valence-electron chi connectivity index (χ4n) is 4.22. The van der Waals surface area contributed by atoms with E-state index in [4.69, 9.17) is 9.47 Å². The van der Waals surface area contributed by atoms with E-state index in [1.807, 2.05) is 45.0 Å². The summed E-state index contributed by atoms with van der Waals surface area (Å²) in [6.07, 6.45) is 0.718. The molecule has 226 valence electrons. The number of halogens is 1. The molecule has 0 aromatic heterocycles. The molecule has 0 aliphatic carbocycles. The first-order valence-corrected chi connectivity index (χ1v) is 15.8. The molecule has 3 aromatic rings. The van der Waals surface area contributed by atoms with Crippen molar-refractivity contribution in [2.75, 3.05) is 25.1 Å². The minimum Gasteiger partial charge on any atom is -0.497 e. The molecule has 0 saturated heterocycles. The van der Waals surface area contributed by atoms with Gasteiger partial charge in [-0.1, -0.05) is 52.7 Å². The molecule has 0 aliphatic rings. The van der Waals surface area contributed by atoms with Gasteiger partial charge in [0.2, 0.25) is 11.8 Å². The first-order valence-electron chi connectivity index (χ1n) is 13.6. The highest BCUT2D eigenvalue weighted by Crippen LogP contribution is 2.36. The third kappa shape index (κ3) is 8.04. The van der Waals surface area contributed by atoms with Gasteiger partial charge in [-0.25, -0.2) is 8.42 Å². The summed E-state index contributed by atoms with van der Waals surface area (Å²) in [5.41, 5.74) is 1.79. The van der Waals surface area contributed by atoms with Gasteiger partial charge in [0.15, 0.2) is 0 Å². The average molecular weight is 661 g/mol. The fraction of sp³-hybridized carbons (Fsp3) is 0.355. The van der Waals surface area contributed by atoms with E-state index >= 15 is 0 Å². The first kappa shape index (κ1) is 32.9. The van der Waals surface area contributed by atoms with Crippen molar-refractivity contribution < 1.29 is 27.5 Å². The highest BCUT2D eigenvalue weighted by molar-refractivity contribution is 9.10. The topological polar surface area (TPSA) is 105 Å². The van der Waals surface area contributed by atoms with E-state index in [-0.39, 0.29) is 34.8 Å². The minimum absolute atomic E-state index is 0.00637. The molecule has 11 heteroatoms. The van der Waals surface area contributed by atoms with Crippen molar-refractivity contribution in [3.63, 3.8) is 0 Å². The summed E-state index contributed by atoms with van der Waals surface area (Å²) in [6.45, 7) is 6.83. The van der Waals surface area contributed by atoms with Crippen LogP contribution < -0.4 is 19.1 Å². The van der Waals surface area contributed by atoms with Gasteiger partial charge in [-0.15, -0.1) is 0 Å². The second-order valence-corrected chi connectivity index (χ2v) is 12.8. The van der Waals surface area contributed by atoms with E-state index in [0.717, 1.165) is 26.3 Å². The number of ether oxygens (including phenoxy) is 2. The number of nitrogens with one attached hydrogen (secondary N) is 1. The number of methoxy groups -OCH3 is 2. The van der Waals surface area contributed by atoms with Gasteiger partial charge in [0.05, 0.1) is 24.8 Å². The van der Waals surface area contributed by atoms with Gasteiger partial charge in [0, 0.05) is 23.1 Å². The molecular formula is C31H38BrN3O6S. The molecule has 0 spiro atoms. The maximum absolute atomic E-state index is 14.2. The fourth-order valence-corrected chi connectivity index (χ4v) is 6.09. The second-order valence-electron chi connectivity index (χ2n) is 10.0. The van der Waals surface area contributed by atoms with Crippen molar-refractivity contribution in [1.29, 1.82) is 0 Å². The van der Waals surface area contributed by atoms with Crippen LogP contribution >= 0.6 is 15.9 Å². The van der Waals surface area contributed by atoms with Crippen LogP contribution in [0.5, 0.6) is 11.5 Å². The molecule has 0 fully saturated rings. The molecule has 0 radical (unpaired) electrons. The molecular weight excluding hydrogens is 622 g/mol. The molecule has 42 heavy (non-hydrogen) atoms. The predicted molar refractivity (Wildman–Crippen MR) is 167 cm³/mol. The largest absolute Gasteiger partial charge is 0.497 e. The maximum atomic E-state index is 14.2. The predicted octanol–water partition coefficient (Wildman–Crippen LogP) is 5.30. The van der Waals surface area contributed by atoms with Crippen molar-refractivity contribution >= 4 is 43.5 Å². The summed E-state index contributed by atoms with van der Waals surface area (Å²) < 4.78 is 41.0. The number of aryl methyl sites for hydroxylation is 1. The van der Waals surface area contributed by atoms with Crippen molar-refractivity contribution in [1.82, 2.24) is 10.2 Å². The summed E-state index contributed by atoms with van der Waals surface area (Å²) in [7, 11) is -1.38. The van der Waals surface area contributed by atoms with Crippen LogP contribution in [0.3, 0.4) is 0 Å². The quantitative estimate of drug-likeness (QED) is 0.267. The average Bonchev–Trinajstić information content (AvgIpc) is 2.97. The normalized spacial score (nSPS) is 12.6. The zero-order valence-electron chi connectivity index (χ0n) is 24.8. The van der Waals surface area contributed by atoms with Gasteiger partial charge < -0.3 is 19.7 Å². The Kier molecular flexibility index (Phi) is 11.4. The highest BCUT2D eigenvalue weighted by atomic mass is 79.9. The third-order valence-electron chi connectivity index (χ3n) is 6.95. The van der Waals surface area contributed by atoms with Crippen molar-refractivity contribution in [3.05, 3.63) is 82.3 Å². The Hall–Kier alpha value is -3.57. The maximum Gasteiger partial charge on any atom is 0.264 e. The summed E-state index contributed by atoms with van der Waals surface area (Å²) in [6, 6.07) is 17.5. The number of carbonyl (C=O) groups is 2. The molecule has 9 nitrogen and oxygen atoms in total. The number of anilines is 1. The molecule has 2 atom stereocenters. The van der Waals surface area contributed by atoms with Crippen LogP contribution in [0.1, 0.15) is 38.3 Å². The van der Waals surface area contributed by atoms with Gasteiger partial charge in [0.1, 0.15) is 24.1 Å². The Morgan fingerprint density at radius 3 is 2.26 bits per heavy atom. The number of carbonyl (C=O) groups excluding carboxylic acids is 2. The van der Waals surface area contributed by atoms with Crippen LogP contribution in [-0.4, -0.2) is 58.0 Å². The third-order valence-corrected chi connectivity index (χ3v) is 9.22. The van der Waals surface area contributed by atoms with Crippen LogP contribution in [-0.2, 0) is 26.2 Å². The standard InChI is InChI=1S/C31H38BrN3O6S/c1-7-22(3)33-31(37)23(4)34(19-24-9-8-10-25(32)17-24)30(36)20-35(28-18-26(40-5)13-16-29(28)41-6)42(38,39)27-14-11-21(2)12-15-27/h8-18,22-23H,7,19-20H2,1-6H3,(H,33,37)/t22-,23+/m0/s1. The number of nitrogens with zero attached hydrogens (tertiary/aromatic N) is 2. The van der Waals surface area contributed by atoms with Crippen molar-refractivity contribution in [2.45, 2.75) is 57.6 Å². The van der Waals surface area contributed by atoms with Gasteiger partial charge >= 0.3 is 0 Å². The number of rotatable bonds is 13. The Morgan fingerprint density at radius 2 is 1.67 bits per heavy atom. The highest BCUT2D eigenvalue weighted by Gasteiger charge is 2.34. The van der Waals surface area contributed by atoms with Gasteiger partial charge in [-0.05, 0) is 69.2 Å². The lowest BCUT2D eigenvalue weighted by Crippen LogP contribution is -2.52. The molecule has 3 rings (SSSR count). The Balaban J connectivity index is 2.12. The van der Waals surface area contributed by atoms with E-state index in [0.29, 0.717) is 5.75 Å². The van der Waals surface area contributed by atoms with Gasteiger partial charge in [-0.3, -0.25) is 13.9 Å². The lowest BCUT2D eigenvalue weighted by Gasteiger charge is -2.33. The summed E-state index contributed by atoms with van der Waals surface area (Å²) >= 11 is 3.46.